The fraction of sp³-hybridized carbons (Fsp3) is 0.225. The lowest BCUT2D eigenvalue weighted by atomic mass is 9.56. The number of ketones is 1. The van der Waals surface area contributed by atoms with E-state index in [0.717, 1.165) is 21.9 Å². The molecule has 262 valence electrons. The van der Waals surface area contributed by atoms with Crippen molar-refractivity contribution in [3.05, 3.63) is 131 Å². The molecule has 2 heterocycles. The Bertz CT molecular complexity index is 2230. The zero-order valence-electron chi connectivity index (χ0n) is 27.5. The predicted molar refractivity (Wildman–Crippen MR) is 190 cm³/mol. The number of nitrogens with zero attached hydrogens (tertiary/aromatic N) is 2. The first-order chi connectivity index (χ1) is 24.9. The lowest BCUT2D eigenvalue weighted by Crippen LogP contribution is -2.60. The number of allylic oxidation sites excluding steroid dienone is 2. The van der Waals surface area contributed by atoms with E-state index in [2.05, 4.69) is 0 Å². The molecule has 4 aromatic carbocycles. The molecular formula is C40H29Cl2FN2O7. The Labute approximate surface area is 307 Å². The molecule has 2 aliphatic heterocycles. The van der Waals surface area contributed by atoms with Crippen molar-refractivity contribution >= 4 is 64.0 Å². The average Bonchev–Trinajstić information content (AvgIpc) is 3.50. The number of para-hydroxylation sites is 1. The second kappa shape index (κ2) is 12.1. The molecule has 1 N–H and O–H groups in total. The van der Waals surface area contributed by atoms with Gasteiger partial charge in [0.15, 0.2) is 27.0 Å². The maximum Gasteiger partial charge on any atom is 0.258 e. The third kappa shape index (κ3) is 4.63. The molecule has 2 saturated heterocycles. The van der Waals surface area contributed by atoms with Crippen LogP contribution in [0, 0.1) is 23.6 Å². The van der Waals surface area contributed by atoms with Crippen molar-refractivity contribution in [2.45, 2.75) is 28.5 Å². The minimum Gasteiger partial charge on any atom is -0.504 e. The highest BCUT2D eigenvalue weighted by atomic mass is 35.5. The number of amides is 4. The van der Waals surface area contributed by atoms with Gasteiger partial charge in [0.2, 0.25) is 11.8 Å². The second-order valence-electron chi connectivity index (χ2n) is 13.4. The molecule has 0 radical (unpaired) electrons. The summed E-state index contributed by atoms with van der Waals surface area (Å²) in [4.78, 5) is 68.0. The van der Waals surface area contributed by atoms with Crippen molar-refractivity contribution in [1.82, 2.24) is 0 Å². The Morgan fingerprint density at radius 3 is 2.10 bits per heavy atom. The van der Waals surface area contributed by atoms with E-state index in [9.17, 15) is 33.5 Å². The van der Waals surface area contributed by atoms with Gasteiger partial charge < -0.3 is 9.84 Å². The van der Waals surface area contributed by atoms with Gasteiger partial charge in [-0.15, -0.1) is 23.2 Å². The molecule has 9 nitrogen and oxygen atoms in total. The minimum absolute atomic E-state index is 0.0433. The zero-order valence-corrected chi connectivity index (χ0v) is 29.0. The summed E-state index contributed by atoms with van der Waals surface area (Å²) >= 11 is 14.8. The van der Waals surface area contributed by atoms with Gasteiger partial charge in [-0.2, -0.15) is 0 Å². The molecule has 6 atom stereocenters. The highest BCUT2D eigenvalue weighted by Crippen LogP contribution is 2.66. The summed E-state index contributed by atoms with van der Waals surface area (Å²) < 4.78 is 19.3. The fourth-order valence-electron chi connectivity index (χ4n) is 8.45. The predicted octanol–water partition coefficient (Wildman–Crippen LogP) is 6.54. The third-order valence-corrected chi connectivity index (χ3v) is 12.3. The number of carbonyl (C=O) groups is 5. The lowest BCUT2D eigenvalue weighted by molar-refractivity contribution is -0.125. The smallest absolute Gasteiger partial charge is 0.258 e. The first-order valence-corrected chi connectivity index (χ1v) is 17.3. The van der Waals surface area contributed by atoms with Crippen LogP contribution in [0.15, 0.2) is 109 Å². The molecule has 6 unspecified atom stereocenters. The maximum atomic E-state index is 14.5. The Morgan fingerprint density at radius 2 is 1.42 bits per heavy atom. The molecule has 0 spiro atoms. The zero-order chi connectivity index (χ0) is 36.7. The highest BCUT2D eigenvalue weighted by molar-refractivity contribution is 6.58. The van der Waals surface area contributed by atoms with Crippen LogP contribution in [0.4, 0.5) is 15.8 Å². The summed E-state index contributed by atoms with van der Waals surface area (Å²) in [5.41, 5.74) is 1.80. The van der Waals surface area contributed by atoms with Gasteiger partial charge in [0.05, 0.1) is 30.3 Å². The Balaban J connectivity index is 1.22. The molecule has 2 aliphatic carbocycles. The van der Waals surface area contributed by atoms with Gasteiger partial charge in [0.25, 0.3) is 11.8 Å². The number of phenolic OH excluding ortho intramolecular Hbond substituents is 1. The molecule has 0 aromatic heterocycles. The number of rotatable bonds is 6. The van der Waals surface area contributed by atoms with Gasteiger partial charge >= 0.3 is 0 Å². The summed E-state index contributed by atoms with van der Waals surface area (Å²) in [6.45, 7) is 0. The quantitative estimate of drug-likeness (QED) is 0.103. The van der Waals surface area contributed by atoms with Crippen molar-refractivity contribution in [2.75, 3.05) is 16.9 Å². The minimum atomic E-state index is -2.22. The molecule has 4 aliphatic rings. The number of halogens is 3. The first-order valence-electron chi connectivity index (χ1n) is 16.6. The van der Waals surface area contributed by atoms with Crippen LogP contribution >= 0.6 is 23.2 Å². The standard InChI is InChI=1S/C40H29Cl2FN2O7/c1-52-30-9-5-8-28(34(30)47)32-26-18-19-27-31(29(26)20-39(41)37(50)45(38(51)40(32,39)42)25-16-12-23(43)13-17-25)36(49)44(35(27)48)24-14-10-22(11-15-24)33(46)21-6-3-2-4-7-21/h2-18,27,29,31-32,47H,19-20H2,1H3. The number of fused-ring (bicyclic) bond motifs is 4. The number of phenols is 1. The largest absolute Gasteiger partial charge is 0.504 e. The van der Waals surface area contributed by atoms with Crippen molar-refractivity contribution in [3.63, 3.8) is 0 Å². The number of hydrogen-bond donors (Lipinski definition) is 1. The van der Waals surface area contributed by atoms with Crippen molar-refractivity contribution in [1.29, 1.82) is 0 Å². The van der Waals surface area contributed by atoms with Gasteiger partial charge in [-0.25, -0.2) is 9.29 Å². The number of aromatic hydroxyl groups is 1. The van der Waals surface area contributed by atoms with Crippen LogP contribution in [0.1, 0.15) is 40.2 Å². The number of anilines is 2. The lowest BCUT2D eigenvalue weighted by Gasteiger charge is -2.50. The second-order valence-corrected chi connectivity index (χ2v) is 14.6. The van der Waals surface area contributed by atoms with Gasteiger partial charge in [-0.3, -0.25) is 28.9 Å². The fourth-order valence-corrected chi connectivity index (χ4v) is 9.38. The van der Waals surface area contributed by atoms with Crippen LogP contribution < -0.4 is 14.5 Å². The van der Waals surface area contributed by atoms with Gasteiger partial charge in [-0.05, 0) is 73.4 Å². The van der Waals surface area contributed by atoms with E-state index in [1.54, 1.807) is 72.8 Å². The highest BCUT2D eigenvalue weighted by Gasteiger charge is 2.77. The maximum absolute atomic E-state index is 14.5. The van der Waals surface area contributed by atoms with Crippen molar-refractivity contribution in [3.8, 4) is 11.5 Å². The number of methoxy groups -OCH3 is 1. The molecule has 4 amide bonds. The van der Waals surface area contributed by atoms with Crippen LogP contribution in [0.3, 0.4) is 0 Å². The number of ether oxygens (including phenoxy) is 1. The topological polar surface area (TPSA) is 121 Å². The monoisotopic (exact) mass is 738 g/mol. The summed E-state index contributed by atoms with van der Waals surface area (Å²) in [7, 11) is 1.36. The summed E-state index contributed by atoms with van der Waals surface area (Å²) in [5, 5.41) is 11.5. The summed E-state index contributed by atoms with van der Waals surface area (Å²) in [6.07, 6.45) is 1.58. The average molecular weight is 740 g/mol. The van der Waals surface area contributed by atoms with Gasteiger partial charge in [0, 0.05) is 22.6 Å². The Hall–Kier alpha value is -5.32. The van der Waals surface area contributed by atoms with E-state index >= 15 is 0 Å². The molecule has 0 bridgehead atoms. The molecule has 1 saturated carbocycles. The van der Waals surface area contributed by atoms with E-state index in [-0.39, 0.29) is 47.1 Å². The van der Waals surface area contributed by atoms with Crippen LogP contribution in [-0.2, 0) is 19.2 Å². The molecule has 3 fully saturated rings. The summed E-state index contributed by atoms with van der Waals surface area (Å²) in [5.74, 6) is -7.73. The first kappa shape index (κ1) is 33.8. The number of alkyl halides is 2. The van der Waals surface area contributed by atoms with E-state index < -0.39 is 62.9 Å². The third-order valence-electron chi connectivity index (χ3n) is 10.9. The van der Waals surface area contributed by atoms with E-state index in [4.69, 9.17) is 27.9 Å². The van der Waals surface area contributed by atoms with Crippen molar-refractivity contribution in [2.24, 2.45) is 17.8 Å². The van der Waals surface area contributed by atoms with E-state index in [1.165, 1.54) is 25.3 Å². The van der Waals surface area contributed by atoms with Crippen LogP contribution in [-0.4, -0.2) is 51.4 Å². The molecule has 12 heteroatoms. The Morgan fingerprint density at radius 1 is 0.788 bits per heavy atom. The number of benzene rings is 4. The molecule has 8 rings (SSSR count). The van der Waals surface area contributed by atoms with Gasteiger partial charge in [-0.1, -0.05) is 54.1 Å². The normalized spacial score (nSPS) is 28.0. The van der Waals surface area contributed by atoms with Crippen LogP contribution in [0.2, 0.25) is 0 Å². The van der Waals surface area contributed by atoms with E-state index in [1.807, 2.05) is 0 Å². The molecule has 52 heavy (non-hydrogen) atoms. The molecular weight excluding hydrogens is 710 g/mol. The number of carbonyl (C=O) groups excluding carboxylic acids is 5. The van der Waals surface area contributed by atoms with E-state index in [0.29, 0.717) is 16.7 Å². The molecule has 4 aromatic rings. The number of imide groups is 2. The SMILES string of the molecule is COc1cccc(C2C3=CCC4C(=O)N(c5ccc(C(=O)c6ccccc6)cc5)C(=O)C4C3CC3(Cl)C(=O)N(c4ccc(F)cc4)C(=O)C23Cl)c1O. The van der Waals surface area contributed by atoms with Crippen molar-refractivity contribution < 1.29 is 38.2 Å². The van der Waals surface area contributed by atoms with Crippen LogP contribution in [0.25, 0.3) is 0 Å². The Kier molecular flexibility index (Phi) is 7.89. The summed E-state index contributed by atoms with van der Waals surface area (Å²) in [6, 6.07) is 24.3. The van der Waals surface area contributed by atoms with Gasteiger partial charge in [0.1, 0.15) is 5.82 Å². The van der Waals surface area contributed by atoms with Crippen LogP contribution in [0.5, 0.6) is 11.5 Å². The number of hydrogen-bond acceptors (Lipinski definition) is 7.